The largest absolute Gasteiger partial charge is 0.509 e. The van der Waals surface area contributed by atoms with Gasteiger partial charge in [0.25, 0.3) is 5.91 Å². The van der Waals surface area contributed by atoms with E-state index < -0.39 is 92.2 Å². The van der Waals surface area contributed by atoms with Gasteiger partial charge >= 0.3 is 6.09 Å². The third-order valence-corrected chi connectivity index (χ3v) is 8.43. The van der Waals surface area contributed by atoms with Gasteiger partial charge in [-0.25, -0.2) is 4.79 Å². The Morgan fingerprint density at radius 3 is 2.25 bits per heavy atom. The van der Waals surface area contributed by atoms with Crippen LogP contribution in [0.2, 0.25) is 0 Å². The number of hydrogen-bond donors (Lipinski definition) is 9. The molecule has 0 spiro atoms. The van der Waals surface area contributed by atoms with Crippen molar-refractivity contribution in [3.8, 4) is 11.8 Å². The van der Waals surface area contributed by atoms with Crippen molar-refractivity contribution in [1.82, 2.24) is 4.90 Å². The summed E-state index contributed by atoms with van der Waals surface area (Å²) in [5.74, 6) is -7.48. The van der Waals surface area contributed by atoms with Crippen LogP contribution >= 0.6 is 0 Å². The smallest absolute Gasteiger partial charge is 0.411 e. The Morgan fingerprint density at radius 1 is 1.16 bits per heavy atom. The minimum Gasteiger partial charge on any atom is -0.509 e. The number of fused-ring (bicyclic) bond motifs is 3. The molecular formula is C28H35N7O9. The van der Waals surface area contributed by atoms with Crippen LogP contribution in [0.5, 0.6) is 5.75 Å². The predicted molar refractivity (Wildman–Crippen MR) is 153 cm³/mol. The lowest BCUT2D eigenvalue weighted by molar-refractivity contribution is -0.153. The van der Waals surface area contributed by atoms with Crippen LogP contribution < -0.4 is 28.3 Å². The van der Waals surface area contributed by atoms with Gasteiger partial charge in [-0.15, -0.1) is 0 Å². The van der Waals surface area contributed by atoms with Crippen molar-refractivity contribution in [1.29, 1.82) is 5.26 Å². The lowest BCUT2D eigenvalue weighted by atomic mass is 9.45. The van der Waals surface area contributed by atoms with Crippen LogP contribution in [-0.4, -0.2) is 92.8 Å². The number of benzene rings is 1. The van der Waals surface area contributed by atoms with E-state index >= 15 is 0 Å². The number of phenolic OH excluding ortho intramolecular Hbond substituents is 1. The number of primary amides is 1. The van der Waals surface area contributed by atoms with Gasteiger partial charge in [-0.2, -0.15) is 5.26 Å². The number of Topliss-reactive ketones (excluding diaryl/α,β-unsaturated/α-hetero) is 2. The van der Waals surface area contributed by atoms with Crippen molar-refractivity contribution in [3.05, 3.63) is 40.2 Å². The molecule has 16 nitrogen and oxygen atoms in total. The Bertz CT molecular complexity index is 1620. The van der Waals surface area contributed by atoms with Gasteiger partial charge in [0.05, 0.1) is 47.1 Å². The number of nitriles is 1. The van der Waals surface area contributed by atoms with Crippen LogP contribution in [0, 0.1) is 22.2 Å². The molecule has 4 rings (SSSR count). The highest BCUT2D eigenvalue weighted by atomic mass is 16.5. The zero-order valence-electron chi connectivity index (χ0n) is 24.6. The second kappa shape index (κ2) is 10.0. The molecule has 1 fully saturated rings. The van der Waals surface area contributed by atoms with E-state index in [2.05, 4.69) is 5.32 Å². The predicted octanol–water partition coefficient (Wildman–Crippen LogP) is -1.07. The van der Waals surface area contributed by atoms with Crippen LogP contribution in [-0.2, 0) is 19.1 Å². The van der Waals surface area contributed by atoms with E-state index in [0.717, 1.165) is 4.90 Å². The van der Waals surface area contributed by atoms with Crippen molar-refractivity contribution in [2.45, 2.75) is 50.0 Å². The number of rotatable bonds is 4. The van der Waals surface area contributed by atoms with E-state index in [-0.39, 0.29) is 23.3 Å². The van der Waals surface area contributed by atoms with E-state index in [9.17, 15) is 44.9 Å². The number of hydrogen-bond acceptors (Lipinski definition) is 14. The topological polar surface area (TPSA) is 302 Å². The Labute approximate surface area is 251 Å². The van der Waals surface area contributed by atoms with Crippen molar-refractivity contribution in [3.63, 3.8) is 0 Å². The number of ether oxygens (including phenoxy) is 1. The number of carbonyl (C=O) groups is 4. The van der Waals surface area contributed by atoms with Gasteiger partial charge in [-0.05, 0) is 31.1 Å². The summed E-state index contributed by atoms with van der Waals surface area (Å²) in [6, 6.07) is 0.547. The quantitative estimate of drug-likeness (QED) is 0.144. The molecule has 0 bridgehead atoms. The summed E-state index contributed by atoms with van der Waals surface area (Å²) < 4.78 is 5.15. The molecule has 13 N–H and O–H groups in total. The summed E-state index contributed by atoms with van der Waals surface area (Å²) in [7, 11) is 2.61. The lowest BCUT2D eigenvalue weighted by Crippen LogP contribution is -2.87. The number of phenols is 1. The summed E-state index contributed by atoms with van der Waals surface area (Å²) in [5.41, 5.74) is 13.5. The number of aliphatic hydroxyl groups excluding tert-OH is 3. The van der Waals surface area contributed by atoms with Gasteiger partial charge in [0, 0.05) is 0 Å². The first-order valence-corrected chi connectivity index (χ1v) is 13.3. The number of nitrogens with zero attached hydrogens (tertiary/aromatic N) is 2. The first kappa shape index (κ1) is 32.4. The van der Waals surface area contributed by atoms with E-state index in [1.54, 1.807) is 6.07 Å². The Morgan fingerprint density at radius 2 is 1.75 bits per heavy atom. The average Bonchev–Trinajstić information content (AvgIpc) is 2.90. The number of aromatic hydroxyl groups is 1. The number of anilines is 1. The number of aliphatic hydroxyl groups is 3. The van der Waals surface area contributed by atoms with Gasteiger partial charge in [-0.3, -0.25) is 24.6 Å². The maximum Gasteiger partial charge on any atom is 0.411 e. The normalized spacial score (nSPS) is 31.6. The number of carbonyl (C=O) groups excluding carboxylic acids is 4. The molecule has 0 unspecified atom stereocenters. The van der Waals surface area contributed by atoms with E-state index in [1.807, 2.05) is 20.8 Å². The first-order chi connectivity index (χ1) is 20.2. The van der Waals surface area contributed by atoms with Gasteiger partial charge in [0.2, 0.25) is 0 Å². The van der Waals surface area contributed by atoms with Crippen molar-refractivity contribution in [2.24, 2.45) is 33.8 Å². The van der Waals surface area contributed by atoms with Gasteiger partial charge in [-0.1, -0.05) is 26.8 Å². The fourth-order valence-electron chi connectivity index (χ4n) is 6.41. The first-order valence-electron chi connectivity index (χ1n) is 13.3. The van der Waals surface area contributed by atoms with Gasteiger partial charge in [0.1, 0.15) is 34.5 Å². The number of nitrogens with one attached hydrogen (secondary N) is 1. The van der Waals surface area contributed by atoms with E-state index in [0.29, 0.717) is 0 Å². The van der Waals surface area contributed by atoms with Crippen LogP contribution in [0.15, 0.2) is 29.0 Å². The number of amides is 2. The van der Waals surface area contributed by atoms with Gasteiger partial charge < -0.3 is 48.1 Å². The minimum absolute atomic E-state index is 0.0185. The molecule has 236 valence electrons. The Hall–Kier alpha value is -4.53. The molecule has 0 heterocycles. The summed E-state index contributed by atoms with van der Waals surface area (Å²) in [6.45, 7) is 5.49. The number of ketones is 2. The Kier molecular flexibility index (Phi) is 7.36. The molecule has 1 aromatic rings. The molecule has 6 atom stereocenters. The molecule has 3 aliphatic rings. The van der Waals surface area contributed by atoms with Crippen LogP contribution in [0.1, 0.15) is 37.9 Å². The van der Waals surface area contributed by atoms with Crippen LogP contribution in [0.25, 0.3) is 5.76 Å². The molecule has 44 heavy (non-hydrogen) atoms. The average molecular weight is 614 g/mol. The highest BCUT2D eigenvalue weighted by molar-refractivity contribution is 6.26. The zero-order chi connectivity index (χ0) is 33.5. The molecule has 3 aliphatic carbocycles. The standard InChI is InChI=1S/C28H35N7O9/c1-25(2,3)9-44-24(43)34-11-7-6-10-12(15(11)36)16(37)14-21(40)26(8-29)20(39)13(22(31)41)17(38)19(35(4)5)28(26,33)23(42)27(14,32)18(10)30/h6-7,18-19,23,36-37,39,42H,9,30,32-33H2,1-5H3,(H2,31,41)(H,34,43)/t18-,19+,23-,26-,27+,28-/m0/s1. The number of likely N-dealkylation sites (N-methyl/N-ethyl adjacent to an activating group) is 1. The zero-order valence-corrected chi connectivity index (χ0v) is 24.6. The highest BCUT2D eigenvalue weighted by Crippen LogP contribution is 2.60. The fraction of sp³-hybridized carbons (Fsp3) is 0.464. The minimum atomic E-state index is -3.11. The van der Waals surface area contributed by atoms with Crippen LogP contribution in [0.4, 0.5) is 10.5 Å². The second-order valence-corrected chi connectivity index (χ2v) is 12.7. The molecule has 0 aliphatic heterocycles. The molecule has 2 amide bonds. The van der Waals surface area contributed by atoms with E-state index in [1.165, 1.54) is 26.2 Å². The fourth-order valence-corrected chi connectivity index (χ4v) is 6.41. The molecule has 0 radical (unpaired) electrons. The van der Waals surface area contributed by atoms with Gasteiger partial charge in [0.15, 0.2) is 17.0 Å². The third-order valence-electron chi connectivity index (χ3n) is 8.43. The molecule has 0 saturated heterocycles. The molecular weight excluding hydrogens is 578 g/mol. The molecule has 1 aromatic carbocycles. The maximum absolute atomic E-state index is 14.5. The van der Waals surface area contributed by atoms with Crippen molar-refractivity contribution < 1.29 is 44.3 Å². The monoisotopic (exact) mass is 613 g/mol. The van der Waals surface area contributed by atoms with Crippen molar-refractivity contribution in [2.75, 3.05) is 26.0 Å². The van der Waals surface area contributed by atoms with Crippen LogP contribution in [0.3, 0.4) is 0 Å². The summed E-state index contributed by atoms with van der Waals surface area (Å²) in [5, 5.41) is 58.7. The summed E-state index contributed by atoms with van der Waals surface area (Å²) in [6.07, 6.45) is -3.29. The maximum atomic E-state index is 14.5. The Balaban J connectivity index is 2.02. The number of nitrogens with two attached hydrogens (primary N) is 4. The molecule has 1 saturated carbocycles. The summed E-state index contributed by atoms with van der Waals surface area (Å²) in [4.78, 5) is 53.8. The molecule has 16 heteroatoms. The SMILES string of the molecule is CN(C)[C@@H]1C(=O)C(C(N)=O)=C(O)[C@@]2(C#N)C(=O)C3=C(O)c4c(ccc(NC(=O)OCC(C)(C)C)c4O)[C@H](N)[C@@]3(N)[C@H](O)[C@@]12N. The van der Waals surface area contributed by atoms with E-state index in [4.69, 9.17) is 27.7 Å². The molecule has 0 aromatic heterocycles. The lowest BCUT2D eigenvalue weighted by Gasteiger charge is -2.62. The van der Waals surface area contributed by atoms with Crippen molar-refractivity contribution >= 4 is 35.0 Å². The third kappa shape index (κ3) is 3.94. The summed E-state index contributed by atoms with van der Waals surface area (Å²) >= 11 is 0. The highest BCUT2D eigenvalue weighted by Gasteiger charge is 2.79. The second-order valence-electron chi connectivity index (χ2n) is 12.7.